The van der Waals surface area contributed by atoms with Crippen LogP contribution in [0, 0.1) is 20.8 Å². The Labute approximate surface area is 217 Å². The van der Waals surface area contributed by atoms with Crippen LogP contribution in [0.1, 0.15) is 48.3 Å². The number of pyridine rings is 1. The highest BCUT2D eigenvalue weighted by Gasteiger charge is 2.13. The molecule has 0 aliphatic rings. The van der Waals surface area contributed by atoms with E-state index in [1.165, 1.54) is 18.7 Å². The van der Waals surface area contributed by atoms with Crippen molar-refractivity contribution in [2.75, 3.05) is 7.11 Å². The third-order valence-corrected chi connectivity index (χ3v) is 4.56. The summed E-state index contributed by atoms with van der Waals surface area (Å²) in [6.07, 6.45) is 3.39. The smallest absolute Gasteiger partial charge is 0.351 e. The predicted octanol–water partition coefficient (Wildman–Crippen LogP) is 8.24. The van der Waals surface area contributed by atoms with Crippen LogP contribution in [0.4, 0.5) is 0 Å². The molecule has 0 radical (unpaired) electrons. The van der Waals surface area contributed by atoms with Gasteiger partial charge in [0, 0.05) is 22.8 Å². The maximum atomic E-state index is 11.5. The van der Waals surface area contributed by atoms with Gasteiger partial charge in [-0.15, -0.1) is 0 Å². The van der Waals surface area contributed by atoms with E-state index in [1.807, 2.05) is 77.1 Å². The summed E-state index contributed by atoms with van der Waals surface area (Å²) >= 11 is 11.2. The Balaban J connectivity index is 0.000000516. The molecule has 2 aromatic carbocycles. The van der Waals surface area contributed by atoms with Crippen LogP contribution < -0.4 is 5.63 Å². The monoisotopic (exact) mass is 517 g/mol. The zero-order valence-electron chi connectivity index (χ0n) is 20.2. The highest BCUT2D eigenvalue weighted by molar-refractivity contribution is 6.30. The van der Waals surface area contributed by atoms with Gasteiger partial charge in [-0.3, -0.25) is 4.98 Å². The molecule has 4 rings (SSSR count). The number of methoxy groups -OCH3 is 1. The summed E-state index contributed by atoms with van der Waals surface area (Å²) in [5.41, 5.74) is 3.03. The average molecular weight is 518 g/mol. The Kier molecular flexibility index (Phi) is 15.0. The summed E-state index contributed by atoms with van der Waals surface area (Å²) in [5.74, 6) is -0.683. The molecule has 0 unspecified atom stereocenters. The minimum absolute atomic E-state index is 0. The highest BCUT2D eigenvalue weighted by atomic mass is 35.5. The second-order valence-electron chi connectivity index (χ2n) is 6.96. The lowest BCUT2D eigenvalue weighted by Gasteiger charge is -2.01. The summed E-state index contributed by atoms with van der Waals surface area (Å²) in [5, 5.41) is 2.22. The van der Waals surface area contributed by atoms with Gasteiger partial charge in [0.05, 0.1) is 12.1 Å². The molecule has 0 saturated heterocycles. The van der Waals surface area contributed by atoms with Gasteiger partial charge in [-0.25, -0.2) is 9.59 Å². The largest absolute Gasteiger partial charge is 0.465 e. The van der Waals surface area contributed by atoms with E-state index in [-0.39, 0.29) is 13.0 Å². The van der Waals surface area contributed by atoms with Gasteiger partial charge in [0.25, 0.3) is 0 Å². The molecule has 7 heteroatoms. The Morgan fingerprint density at radius 3 is 1.97 bits per heavy atom. The Bertz CT molecular complexity index is 1190. The first kappa shape index (κ1) is 31.9. The number of fused-ring (bicyclic) bond motifs is 1. The Hall–Kier alpha value is -3.15. The van der Waals surface area contributed by atoms with Crippen LogP contribution in [-0.2, 0) is 4.74 Å². The van der Waals surface area contributed by atoms with Gasteiger partial charge in [0.15, 0.2) is 0 Å². The molecule has 0 bridgehead atoms. The number of aryl methyl sites for hydroxylation is 3. The normalized spacial score (nSPS) is 9.14. The van der Waals surface area contributed by atoms with Gasteiger partial charge in [-0.05, 0) is 68.3 Å². The lowest BCUT2D eigenvalue weighted by Crippen LogP contribution is -2.14. The van der Waals surface area contributed by atoms with Crippen molar-refractivity contribution in [2.24, 2.45) is 0 Å². The average Bonchev–Trinajstić information content (AvgIpc) is 2.80. The second-order valence-corrected chi connectivity index (χ2v) is 7.83. The SMILES string of the molecule is C.CC.COC(=O)c1cc2cc(C)ccc2oc1=O.Cc1cccc(Cl)c1.Cc1cncc(Cl)c1. The standard InChI is InChI=1S/C12H10O4.C7H7Cl.C6H6ClN.C2H6.CH4/c1-7-3-4-10-8(5-7)6-9(11(13)15-2)12(14)16-10;1-6-3-2-4-7(8)5-6;1-5-2-6(7)4-8-3-5;1-2;/h3-6H,1-2H3;2-5H,1H3;2-4H,1H3;1-2H3;1H4. The number of benzene rings is 2. The first-order chi connectivity index (χ1) is 16.2. The zero-order valence-corrected chi connectivity index (χ0v) is 21.7. The lowest BCUT2D eigenvalue weighted by atomic mass is 10.1. The fourth-order valence-electron chi connectivity index (χ4n) is 2.62. The third-order valence-electron chi connectivity index (χ3n) is 4.11. The number of hydrogen-bond donors (Lipinski definition) is 0. The zero-order chi connectivity index (χ0) is 25.7. The fourth-order valence-corrected chi connectivity index (χ4v) is 3.09. The number of rotatable bonds is 1. The predicted molar refractivity (Wildman–Crippen MR) is 147 cm³/mol. The minimum Gasteiger partial charge on any atom is -0.465 e. The number of esters is 1. The van der Waals surface area contributed by atoms with Gasteiger partial charge >= 0.3 is 11.6 Å². The number of ether oxygens (including phenoxy) is 1. The van der Waals surface area contributed by atoms with Crippen molar-refractivity contribution in [3.8, 4) is 0 Å². The van der Waals surface area contributed by atoms with Gasteiger partial charge < -0.3 is 9.15 Å². The van der Waals surface area contributed by atoms with Crippen molar-refractivity contribution in [3.05, 3.63) is 110 Å². The summed E-state index contributed by atoms with van der Waals surface area (Å²) in [6.45, 7) is 9.90. The number of carbonyl (C=O) groups is 1. The van der Waals surface area contributed by atoms with E-state index in [4.69, 9.17) is 27.6 Å². The number of nitrogens with zero attached hydrogens (tertiary/aromatic N) is 1. The number of hydrogen-bond acceptors (Lipinski definition) is 5. The fraction of sp³-hybridized carbons (Fsp3) is 0.250. The van der Waals surface area contributed by atoms with Crippen LogP contribution in [0.5, 0.6) is 0 Å². The highest BCUT2D eigenvalue weighted by Crippen LogP contribution is 2.15. The molecule has 0 aliphatic heterocycles. The van der Waals surface area contributed by atoms with Gasteiger partial charge in [-0.2, -0.15) is 0 Å². The van der Waals surface area contributed by atoms with Crippen LogP contribution in [0.15, 0.2) is 76.2 Å². The van der Waals surface area contributed by atoms with Crippen molar-refractivity contribution < 1.29 is 13.9 Å². The van der Waals surface area contributed by atoms with Crippen LogP contribution in [0.2, 0.25) is 10.0 Å². The van der Waals surface area contributed by atoms with Crippen molar-refractivity contribution in [3.63, 3.8) is 0 Å². The molecule has 0 fully saturated rings. The van der Waals surface area contributed by atoms with Gasteiger partial charge in [-0.1, -0.05) is 68.2 Å². The van der Waals surface area contributed by atoms with Crippen molar-refractivity contribution in [1.29, 1.82) is 0 Å². The summed E-state index contributed by atoms with van der Waals surface area (Å²) in [7, 11) is 1.22. The summed E-state index contributed by atoms with van der Waals surface area (Å²) in [6, 6.07) is 16.5. The number of aromatic nitrogens is 1. The maximum Gasteiger partial charge on any atom is 0.351 e. The van der Waals surface area contributed by atoms with Crippen molar-refractivity contribution in [2.45, 2.75) is 42.0 Å². The van der Waals surface area contributed by atoms with Crippen LogP contribution in [-0.4, -0.2) is 18.1 Å². The maximum absolute atomic E-state index is 11.5. The summed E-state index contributed by atoms with van der Waals surface area (Å²) in [4.78, 5) is 26.6. The molecular formula is C28H33Cl2NO4. The van der Waals surface area contributed by atoms with Gasteiger partial charge in [0.1, 0.15) is 11.1 Å². The Morgan fingerprint density at radius 1 is 0.857 bits per heavy atom. The van der Waals surface area contributed by atoms with Crippen LogP contribution >= 0.6 is 23.2 Å². The van der Waals surface area contributed by atoms with E-state index in [2.05, 4.69) is 9.72 Å². The van der Waals surface area contributed by atoms with E-state index >= 15 is 0 Å². The molecule has 0 aliphatic carbocycles. The van der Waals surface area contributed by atoms with Crippen LogP contribution in [0.3, 0.4) is 0 Å². The molecule has 35 heavy (non-hydrogen) atoms. The summed E-state index contributed by atoms with van der Waals surface area (Å²) < 4.78 is 9.51. The second kappa shape index (κ2) is 16.5. The number of carbonyl (C=O) groups excluding carboxylic acids is 1. The molecule has 0 saturated carbocycles. The third kappa shape index (κ3) is 11.2. The van der Waals surface area contributed by atoms with E-state index < -0.39 is 11.6 Å². The molecule has 2 heterocycles. The molecule has 0 spiro atoms. The molecule has 5 nitrogen and oxygen atoms in total. The van der Waals surface area contributed by atoms with E-state index in [0.717, 1.165) is 16.1 Å². The van der Waals surface area contributed by atoms with Crippen molar-refractivity contribution in [1.82, 2.24) is 4.98 Å². The van der Waals surface area contributed by atoms with Crippen molar-refractivity contribution >= 4 is 40.1 Å². The molecule has 0 N–H and O–H groups in total. The molecule has 2 aromatic heterocycles. The molecule has 0 amide bonds. The molecular weight excluding hydrogens is 485 g/mol. The Morgan fingerprint density at radius 2 is 1.49 bits per heavy atom. The number of halogens is 2. The van der Waals surface area contributed by atoms with Crippen LogP contribution in [0.25, 0.3) is 11.0 Å². The molecule has 0 atom stereocenters. The van der Waals surface area contributed by atoms with E-state index in [0.29, 0.717) is 16.0 Å². The minimum atomic E-state index is -0.683. The lowest BCUT2D eigenvalue weighted by molar-refractivity contribution is 0.0596. The van der Waals surface area contributed by atoms with E-state index in [1.54, 1.807) is 18.5 Å². The first-order valence-electron chi connectivity index (χ1n) is 10.6. The first-order valence-corrected chi connectivity index (χ1v) is 11.4. The van der Waals surface area contributed by atoms with Gasteiger partial charge in [0.2, 0.25) is 0 Å². The molecule has 4 aromatic rings. The molecule has 188 valence electrons. The van der Waals surface area contributed by atoms with E-state index in [9.17, 15) is 9.59 Å². The topological polar surface area (TPSA) is 69.4 Å². The quantitative estimate of drug-likeness (QED) is 0.187.